The van der Waals surface area contributed by atoms with E-state index in [-0.39, 0.29) is 6.29 Å². The molecule has 1 aliphatic heterocycles. The second-order valence-corrected chi connectivity index (χ2v) is 10.0. The molecule has 5 nitrogen and oxygen atoms in total. The van der Waals surface area contributed by atoms with Crippen molar-refractivity contribution in [3.63, 3.8) is 0 Å². The van der Waals surface area contributed by atoms with Crippen LogP contribution in [-0.2, 0) is 28.1 Å². The molecule has 190 valence electrons. The first-order chi connectivity index (χ1) is 17.6. The van der Waals surface area contributed by atoms with Crippen molar-refractivity contribution >= 4 is 5.69 Å². The van der Waals surface area contributed by atoms with Crippen LogP contribution < -0.4 is 9.64 Å². The van der Waals surface area contributed by atoms with Gasteiger partial charge < -0.3 is 24.2 Å². The van der Waals surface area contributed by atoms with Crippen molar-refractivity contribution in [3.8, 4) is 5.75 Å². The van der Waals surface area contributed by atoms with E-state index in [1.807, 2.05) is 24.3 Å². The third-order valence-electron chi connectivity index (χ3n) is 7.85. The lowest BCUT2D eigenvalue weighted by Crippen LogP contribution is -2.39. The van der Waals surface area contributed by atoms with Crippen molar-refractivity contribution < 1.29 is 19.3 Å². The normalized spacial score (nSPS) is 20.4. The minimum absolute atomic E-state index is 0.126. The summed E-state index contributed by atoms with van der Waals surface area (Å²) >= 11 is 0. The van der Waals surface area contributed by atoms with Crippen LogP contribution in [0.25, 0.3) is 0 Å². The van der Waals surface area contributed by atoms with Gasteiger partial charge in [-0.15, -0.1) is 0 Å². The number of fused-ring (bicyclic) bond motifs is 1. The van der Waals surface area contributed by atoms with E-state index in [1.165, 1.54) is 11.3 Å². The average Bonchev–Trinajstić information content (AvgIpc) is 2.94. The highest BCUT2D eigenvalue weighted by atomic mass is 16.7. The summed E-state index contributed by atoms with van der Waals surface area (Å²) < 4.78 is 17.0. The van der Waals surface area contributed by atoms with Crippen molar-refractivity contribution in [1.82, 2.24) is 0 Å². The Balaban J connectivity index is 1.28. The van der Waals surface area contributed by atoms with E-state index < -0.39 is 5.60 Å². The van der Waals surface area contributed by atoms with Crippen molar-refractivity contribution in [2.75, 3.05) is 32.2 Å². The van der Waals surface area contributed by atoms with E-state index in [4.69, 9.17) is 14.2 Å². The number of anilines is 1. The van der Waals surface area contributed by atoms with Gasteiger partial charge in [0.1, 0.15) is 18.0 Å². The summed E-state index contributed by atoms with van der Waals surface area (Å²) in [4.78, 5) is 2.41. The maximum absolute atomic E-state index is 11.9. The predicted molar refractivity (Wildman–Crippen MR) is 142 cm³/mol. The van der Waals surface area contributed by atoms with Gasteiger partial charge in [-0.2, -0.15) is 0 Å². The molecule has 1 N–H and O–H groups in total. The van der Waals surface area contributed by atoms with Crippen molar-refractivity contribution in [2.24, 2.45) is 5.92 Å². The van der Waals surface area contributed by atoms with Gasteiger partial charge in [0.15, 0.2) is 6.29 Å². The molecule has 1 heterocycles. The van der Waals surface area contributed by atoms with Crippen LogP contribution in [0.2, 0.25) is 0 Å². The van der Waals surface area contributed by atoms with E-state index in [1.54, 1.807) is 14.2 Å². The summed E-state index contributed by atoms with van der Waals surface area (Å²) in [6, 6.07) is 24.9. The zero-order chi connectivity index (χ0) is 25.0. The number of benzene rings is 3. The maximum atomic E-state index is 11.9. The molecular formula is C31H37NO4. The summed E-state index contributed by atoms with van der Waals surface area (Å²) in [6.07, 6.45) is 4.59. The van der Waals surface area contributed by atoms with Gasteiger partial charge in [0.05, 0.1) is 0 Å². The molecule has 0 amide bonds. The van der Waals surface area contributed by atoms with Crippen LogP contribution in [0.5, 0.6) is 5.75 Å². The molecule has 0 spiro atoms. The molecule has 0 bridgehead atoms. The third-order valence-corrected chi connectivity index (χ3v) is 7.85. The Morgan fingerprint density at radius 3 is 2.36 bits per heavy atom. The summed E-state index contributed by atoms with van der Waals surface area (Å²) in [5.74, 6) is 1.28. The zero-order valence-electron chi connectivity index (χ0n) is 21.4. The Morgan fingerprint density at radius 1 is 0.944 bits per heavy atom. The Bertz CT molecular complexity index is 1120. The molecule has 5 rings (SSSR count). The topological polar surface area (TPSA) is 51.2 Å². The van der Waals surface area contributed by atoms with E-state index >= 15 is 0 Å². The Morgan fingerprint density at radius 2 is 1.67 bits per heavy atom. The average molecular weight is 488 g/mol. The Kier molecular flexibility index (Phi) is 7.61. The van der Waals surface area contributed by atoms with Gasteiger partial charge in [-0.05, 0) is 78.6 Å². The van der Waals surface area contributed by atoms with Gasteiger partial charge in [-0.3, -0.25) is 0 Å². The standard InChI is InChI=1S/C31H37NO4/c1-34-30(35-2)24-16-19-32(20-17-24)27-12-10-26(11-13-27)31(33)18-6-9-25-21-28(14-15-29(25)31)36-22-23-7-4-3-5-8-23/h3-5,7-8,10-15,21,24,30,33H,6,9,16-20,22H2,1-2H3. The molecule has 1 saturated heterocycles. The van der Waals surface area contributed by atoms with Gasteiger partial charge in [-0.25, -0.2) is 0 Å². The highest BCUT2D eigenvalue weighted by Crippen LogP contribution is 2.42. The van der Waals surface area contributed by atoms with Crippen LogP contribution >= 0.6 is 0 Å². The number of hydrogen-bond acceptors (Lipinski definition) is 5. The Hall–Kier alpha value is -2.86. The number of piperidine rings is 1. The zero-order valence-corrected chi connectivity index (χ0v) is 21.4. The fraction of sp³-hybridized carbons (Fsp3) is 0.419. The molecule has 1 aliphatic carbocycles. The number of ether oxygens (including phenoxy) is 3. The second kappa shape index (κ2) is 11.0. The summed E-state index contributed by atoms with van der Waals surface area (Å²) in [6.45, 7) is 2.50. The predicted octanol–water partition coefficient (Wildman–Crippen LogP) is 5.67. The molecule has 3 aromatic carbocycles. The van der Waals surface area contributed by atoms with Crippen LogP contribution in [-0.4, -0.2) is 38.7 Å². The second-order valence-electron chi connectivity index (χ2n) is 10.0. The van der Waals surface area contributed by atoms with Crippen LogP contribution in [0.4, 0.5) is 5.69 Å². The molecule has 0 saturated carbocycles. The first-order valence-corrected chi connectivity index (χ1v) is 13.0. The molecule has 36 heavy (non-hydrogen) atoms. The monoisotopic (exact) mass is 487 g/mol. The first kappa shape index (κ1) is 24.8. The largest absolute Gasteiger partial charge is 0.489 e. The van der Waals surface area contributed by atoms with Gasteiger partial charge in [0.2, 0.25) is 0 Å². The van der Waals surface area contributed by atoms with Crippen LogP contribution in [0, 0.1) is 5.92 Å². The summed E-state index contributed by atoms with van der Waals surface area (Å²) in [7, 11) is 3.43. The lowest BCUT2D eigenvalue weighted by molar-refractivity contribution is -0.141. The molecule has 2 aliphatic rings. The quantitative estimate of drug-likeness (QED) is 0.415. The first-order valence-electron chi connectivity index (χ1n) is 13.0. The fourth-order valence-corrected chi connectivity index (χ4v) is 5.84. The van der Waals surface area contributed by atoms with Gasteiger partial charge in [0.25, 0.3) is 0 Å². The summed E-state index contributed by atoms with van der Waals surface area (Å²) in [5, 5.41) is 11.9. The highest BCUT2D eigenvalue weighted by molar-refractivity contribution is 5.52. The fourth-order valence-electron chi connectivity index (χ4n) is 5.84. The molecule has 3 aromatic rings. The van der Waals surface area contributed by atoms with E-state index in [0.717, 1.165) is 67.6 Å². The Labute approximate surface area is 214 Å². The minimum Gasteiger partial charge on any atom is -0.489 e. The maximum Gasteiger partial charge on any atom is 0.159 e. The van der Waals surface area contributed by atoms with Crippen molar-refractivity contribution in [3.05, 3.63) is 95.1 Å². The number of methoxy groups -OCH3 is 2. The third kappa shape index (κ3) is 5.15. The van der Waals surface area contributed by atoms with Gasteiger partial charge in [0, 0.05) is 38.9 Å². The molecule has 1 atom stereocenters. The van der Waals surface area contributed by atoms with Crippen LogP contribution in [0.15, 0.2) is 72.8 Å². The summed E-state index contributed by atoms with van der Waals surface area (Å²) in [5.41, 5.74) is 4.51. The SMILES string of the molecule is COC(OC)C1CCN(c2ccc(C3(O)CCCc4cc(OCc5ccccc5)ccc43)cc2)CC1. The molecule has 1 unspecified atom stereocenters. The number of nitrogens with zero attached hydrogens (tertiary/aromatic N) is 1. The lowest BCUT2D eigenvalue weighted by atomic mass is 9.75. The molecule has 0 aromatic heterocycles. The molecule has 0 radical (unpaired) electrons. The molecule has 5 heteroatoms. The van der Waals surface area contributed by atoms with Gasteiger partial charge >= 0.3 is 0 Å². The van der Waals surface area contributed by atoms with Crippen molar-refractivity contribution in [1.29, 1.82) is 0 Å². The van der Waals surface area contributed by atoms with E-state index in [9.17, 15) is 5.11 Å². The minimum atomic E-state index is -0.971. The highest BCUT2D eigenvalue weighted by Gasteiger charge is 2.36. The van der Waals surface area contributed by atoms with E-state index in [2.05, 4.69) is 53.4 Å². The van der Waals surface area contributed by atoms with E-state index in [0.29, 0.717) is 12.5 Å². The number of aryl methyl sites for hydroxylation is 1. The smallest absolute Gasteiger partial charge is 0.159 e. The van der Waals surface area contributed by atoms with Gasteiger partial charge in [-0.1, -0.05) is 48.5 Å². The molecular weight excluding hydrogens is 450 g/mol. The van der Waals surface area contributed by atoms with Crippen LogP contribution in [0.3, 0.4) is 0 Å². The van der Waals surface area contributed by atoms with Crippen molar-refractivity contribution in [2.45, 2.75) is 50.6 Å². The number of aliphatic hydroxyl groups is 1. The van der Waals surface area contributed by atoms with Crippen LogP contribution in [0.1, 0.15) is 47.9 Å². The number of rotatable bonds is 8. The lowest BCUT2D eigenvalue weighted by Gasteiger charge is -2.37. The molecule has 1 fully saturated rings. The number of hydrogen-bond donors (Lipinski definition) is 1.